The monoisotopic (exact) mass is 287 g/mol. The Balaban J connectivity index is 1.77. The summed E-state index contributed by atoms with van der Waals surface area (Å²) in [6.45, 7) is 2.59. The Labute approximate surface area is 122 Å². The first kappa shape index (κ1) is 13.7. The number of para-hydroxylation sites is 1. The zero-order valence-corrected chi connectivity index (χ0v) is 11.8. The van der Waals surface area contributed by atoms with Gasteiger partial charge in [0.25, 0.3) is 0 Å². The highest BCUT2D eigenvalue weighted by atomic mass is 16.4. The van der Waals surface area contributed by atoms with Gasteiger partial charge in [-0.25, -0.2) is 0 Å². The highest BCUT2D eigenvalue weighted by Crippen LogP contribution is 2.28. The van der Waals surface area contributed by atoms with Crippen LogP contribution in [0.15, 0.2) is 34.7 Å². The summed E-state index contributed by atoms with van der Waals surface area (Å²) in [5.41, 5.74) is 0.761. The molecule has 0 unspecified atom stereocenters. The van der Waals surface area contributed by atoms with Gasteiger partial charge in [-0.1, -0.05) is 18.2 Å². The molecule has 1 aliphatic heterocycles. The highest BCUT2D eigenvalue weighted by Gasteiger charge is 2.33. The predicted octanol–water partition coefficient (Wildman–Crippen LogP) is 2.47. The molecular formula is C16H17NO4. The summed E-state index contributed by atoms with van der Waals surface area (Å²) in [6, 6.07) is 9.50. The maximum Gasteiger partial charge on any atom is 0.308 e. The molecule has 0 spiro atoms. The van der Waals surface area contributed by atoms with E-state index in [2.05, 4.69) is 0 Å². The van der Waals surface area contributed by atoms with Gasteiger partial charge in [-0.3, -0.25) is 9.59 Å². The van der Waals surface area contributed by atoms with Gasteiger partial charge in [0, 0.05) is 18.5 Å². The maximum absolute atomic E-state index is 12.5. The van der Waals surface area contributed by atoms with Gasteiger partial charge in [0.05, 0.1) is 11.8 Å². The molecule has 1 amide bonds. The van der Waals surface area contributed by atoms with Crippen LogP contribution < -0.4 is 0 Å². The van der Waals surface area contributed by atoms with Crippen LogP contribution in [0, 0.1) is 5.92 Å². The molecule has 1 saturated heterocycles. The van der Waals surface area contributed by atoms with Crippen LogP contribution >= 0.6 is 0 Å². The molecule has 1 aromatic heterocycles. The van der Waals surface area contributed by atoms with Crippen LogP contribution in [-0.2, 0) is 9.59 Å². The average molecular weight is 287 g/mol. The third-order valence-electron chi connectivity index (χ3n) is 4.09. The molecule has 5 nitrogen and oxygen atoms in total. The van der Waals surface area contributed by atoms with Gasteiger partial charge < -0.3 is 14.4 Å². The van der Waals surface area contributed by atoms with Crippen molar-refractivity contribution in [2.75, 3.05) is 13.1 Å². The van der Waals surface area contributed by atoms with Crippen molar-refractivity contribution in [1.29, 1.82) is 0 Å². The van der Waals surface area contributed by atoms with E-state index < -0.39 is 17.8 Å². The first-order valence-corrected chi connectivity index (χ1v) is 7.06. The van der Waals surface area contributed by atoms with Gasteiger partial charge in [0.15, 0.2) is 0 Å². The molecule has 0 radical (unpaired) electrons. The fourth-order valence-corrected chi connectivity index (χ4v) is 2.77. The number of fused-ring (bicyclic) bond motifs is 1. The number of likely N-dealkylation sites (tertiary alicyclic amines) is 1. The second kappa shape index (κ2) is 5.24. The molecule has 0 saturated carbocycles. The van der Waals surface area contributed by atoms with Crippen molar-refractivity contribution in [3.63, 3.8) is 0 Å². The molecule has 110 valence electrons. The first-order valence-electron chi connectivity index (χ1n) is 7.06. The molecule has 0 aliphatic carbocycles. The number of benzene rings is 1. The van der Waals surface area contributed by atoms with E-state index in [1.807, 2.05) is 30.3 Å². The summed E-state index contributed by atoms with van der Waals surface area (Å²) in [5.74, 6) is -1.12. The lowest BCUT2D eigenvalue weighted by Crippen LogP contribution is -2.33. The number of nitrogens with zero attached hydrogens (tertiary/aromatic N) is 1. The summed E-state index contributed by atoms with van der Waals surface area (Å²) in [7, 11) is 0. The molecule has 2 heterocycles. The Morgan fingerprint density at radius 1 is 1.38 bits per heavy atom. The lowest BCUT2D eigenvalue weighted by Gasteiger charge is -2.19. The van der Waals surface area contributed by atoms with E-state index >= 15 is 0 Å². The van der Waals surface area contributed by atoms with Gasteiger partial charge in [0.1, 0.15) is 11.3 Å². The Morgan fingerprint density at radius 2 is 2.14 bits per heavy atom. The van der Waals surface area contributed by atoms with Crippen LogP contribution in [-0.4, -0.2) is 35.0 Å². The molecule has 1 fully saturated rings. The Bertz CT molecular complexity index is 657. The van der Waals surface area contributed by atoms with Gasteiger partial charge in [-0.05, 0) is 25.5 Å². The summed E-state index contributed by atoms with van der Waals surface area (Å²) in [5, 5.41) is 9.98. The van der Waals surface area contributed by atoms with E-state index in [0.717, 1.165) is 11.0 Å². The number of carboxylic acids is 1. The van der Waals surface area contributed by atoms with E-state index in [1.165, 1.54) is 0 Å². The molecule has 1 N–H and O–H groups in total. The second-order valence-corrected chi connectivity index (χ2v) is 5.52. The lowest BCUT2D eigenvalue weighted by molar-refractivity contribution is -0.141. The zero-order valence-electron chi connectivity index (χ0n) is 11.8. The van der Waals surface area contributed by atoms with Gasteiger partial charge >= 0.3 is 5.97 Å². The molecule has 1 aromatic carbocycles. The van der Waals surface area contributed by atoms with Gasteiger partial charge in [0.2, 0.25) is 5.91 Å². The zero-order chi connectivity index (χ0) is 15.0. The summed E-state index contributed by atoms with van der Waals surface area (Å²) >= 11 is 0. The lowest BCUT2D eigenvalue weighted by atomic mass is 10.1. The van der Waals surface area contributed by atoms with E-state index in [4.69, 9.17) is 9.52 Å². The van der Waals surface area contributed by atoms with Gasteiger partial charge in [-0.2, -0.15) is 0 Å². The minimum atomic E-state index is -0.832. The summed E-state index contributed by atoms with van der Waals surface area (Å²) in [4.78, 5) is 25.1. The first-order chi connectivity index (χ1) is 10.1. The normalized spacial score (nSPS) is 19.9. The largest absolute Gasteiger partial charge is 0.481 e. The van der Waals surface area contributed by atoms with Crippen LogP contribution in [0.1, 0.15) is 25.0 Å². The Morgan fingerprint density at radius 3 is 2.81 bits per heavy atom. The number of aliphatic carboxylic acids is 1. The van der Waals surface area contributed by atoms with Crippen LogP contribution in [0.25, 0.3) is 11.0 Å². The van der Waals surface area contributed by atoms with Gasteiger partial charge in [-0.15, -0.1) is 0 Å². The Hall–Kier alpha value is -2.30. The standard InChI is InChI=1S/C16H17NO4/c1-10(14-8-11-4-2-3-5-13(11)21-14)15(18)17-7-6-12(9-17)16(19)20/h2-5,8,10,12H,6-7,9H2,1H3,(H,19,20)/t10-,12-/m0/s1. The maximum atomic E-state index is 12.5. The average Bonchev–Trinajstić information content (AvgIpc) is 3.12. The van der Waals surface area contributed by atoms with Crippen LogP contribution in [0.5, 0.6) is 0 Å². The van der Waals surface area contributed by atoms with Crippen molar-refractivity contribution in [1.82, 2.24) is 4.90 Å². The molecule has 2 aromatic rings. The minimum Gasteiger partial charge on any atom is -0.481 e. The van der Waals surface area contributed by atoms with Crippen molar-refractivity contribution in [2.24, 2.45) is 5.92 Å². The molecule has 0 bridgehead atoms. The Kier molecular flexibility index (Phi) is 3.41. The number of carboxylic acid groups (broad SMARTS) is 1. The molecule has 3 rings (SSSR count). The van der Waals surface area contributed by atoms with Crippen molar-refractivity contribution < 1.29 is 19.1 Å². The predicted molar refractivity (Wildman–Crippen MR) is 77.0 cm³/mol. The number of carbonyl (C=O) groups is 2. The number of hydrogen-bond acceptors (Lipinski definition) is 3. The van der Waals surface area contributed by atoms with Crippen molar-refractivity contribution in [2.45, 2.75) is 19.3 Å². The third kappa shape index (κ3) is 2.51. The van der Waals surface area contributed by atoms with Crippen molar-refractivity contribution >= 4 is 22.8 Å². The van der Waals surface area contributed by atoms with Crippen molar-refractivity contribution in [3.8, 4) is 0 Å². The number of carbonyl (C=O) groups excluding carboxylic acids is 1. The topological polar surface area (TPSA) is 70.8 Å². The fourth-order valence-electron chi connectivity index (χ4n) is 2.77. The second-order valence-electron chi connectivity index (χ2n) is 5.52. The molecule has 5 heteroatoms. The third-order valence-corrected chi connectivity index (χ3v) is 4.09. The number of rotatable bonds is 3. The van der Waals surface area contributed by atoms with E-state index in [0.29, 0.717) is 25.3 Å². The minimum absolute atomic E-state index is 0.0715. The molecule has 1 aliphatic rings. The smallest absolute Gasteiger partial charge is 0.308 e. The summed E-state index contributed by atoms with van der Waals surface area (Å²) < 4.78 is 5.72. The SMILES string of the molecule is C[C@H](C(=O)N1CC[C@H](C(=O)O)C1)c1cc2ccccc2o1. The summed E-state index contributed by atoms with van der Waals surface area (Å²) in [6.07, 6.45) is 0.522. The number of furan rings is 1. The molecule has 2 atom stereocenters. The van der Waals surface area contributed by atoms with E-state index in [1.54, 1.807) is 11.8 Å². The van der Waals surface area contributed by atoms with E-state index in [-0.39, 0.29) is 5.91 Å². The fraction of sp³-hybridized carbons (Fsp3) is 0.375. The number of hydrogen-bond donors (Lipinski definition) is 1. The van der Waals surface area contributed by atoms with Crippen LogP contribution in [0.4, 0.5) is 0 Å². The van der Waals surface area contributed by atoms with Crippen LogP contribution in [0.3, 0.4) is 0 Å². The number of amides is 1. The van der Waals surface area contributed by atoms with Crippen LogP contribution in [0.2, 0.25) is 0 Å². The molecular weight excluding hydrogens is 270 g/mol. The molecule has 21 heavy (non-hydrogen) atoms. The quantitative estimate of drug-likeness (QED) is 0.941. The van der Waals surface area contributed by atoms with E-state index in [9.17, 15) is 9.59 Å². The van der Waals surface area contributed by atoms with Crippen molar-refractivity contribution in [3.05, 3.63) is 36.1 Å². The highest BCUT2D eigenvalue weighted by molar-refractivity contribution is 5.86.